The van der Waals surface area contributed by atoms with Crippen molar-refractivity contribution in [1.82, 2.24) is 15.6 Å². The predicted octanol–water partition coefficient (Wildman–Crippen LogP) is 3.03. The van der Waals surface area contributed by atoms with Crippen LogP contribution in [0.2, 0.25) is 0 Å². The van der Waals surface area contributed by atoms with E-state index in [1.807, 2.05) is 13.8 Å². The largest absolute Gasteiger partial charge is 0.444 e. The van der Waals surface area contributed by atoms with Crippen molar-refractivity contribution < 1.29 is 4.42 Å². The fourth-order valence-electron chi connectivity index (χ4n) is 3.17. The summed E-state index contributed by atoms with van der Waals surface area (Å²) in [5.41, 5.74) is 3.72. The van der Waals surface area contributed by atoms with Crippen molar-refractivity contribution in [3.8, 4) is 0 Å². The lowest BCUT2D eigenvalue weighted by Crippen LogP contribution is -2.45. The smallest absolute Gasteiger partial charge is 0.214 e. The van der Waals surface area contributed by atoms with Gasteiger partial charge in [0.15, 0.2) is 5.96 Å². The molecule has 3 rings (SSSR count). The molecule has 1 aromatic heterocycles. The first-order valence-corrected chi connectivity index (χ1v) is 8.80. The maximum Gasteiger partial charge on any atom is 0.214 e. The van der Waals surface area contributed by atoms with Gasteiger partial charge in [0.2, 0.25) is 5.89 Å². The Kier molecular flexibility index (Phi) is 7.31. The van der Waals surface area contributed by atoms with Crippen molar-refractivity contribution in [2.75, 3.05) is 25.0 Å². The molecule has 142 valence electrons. The number of aryl methyl sites for hydroxylation is 2. The summed E-state index contributed by atoms with van der Waals surface area (Å²) in [6.45, 7) is 8.53. The number of nitrogens with one attached hydrogen (secondary N) is 2. The standard InChI is InChI=1S/C19H27N5O.HI/c1-13(24-10-9-16-7-5-6-8-17(16)24)11-21-19(20-4)22-12-18-23-14(2)15(3)25-18;/h5-8,13H,9-12H2,1-4H3,(H2,20,21,22);1H. The van der Waals surface area contributed by atoms with Crippen LogP contribution >= 0.6 is 24.0 Å². The van der Waals surface area contributed by atoms with Crippen LogP contribution in [-0.4, -0.2) is 37.1 Å². The highest BCUT2D eigenvalue weighted by Gasteiger charge is 2.22. The topological polar surface area (TPSA) is 65.7 Å². The molecule has 1 unspecified atom stereocenters. The Morgan fingerprint density at radius 1 is 1.31 bits per heavy atom. The first-order valence-electron chi connectivity index (χ1n) is 8.80. The highest BCUT2D eigenvalue weighted by atomic mass is 127. The molecule has 2 N–H and O–H groups in total. The van der Waals surface area contributed by atoms with Crippen molar-refractivity contribution >= 4 is 35.6 Å². The Labute approximate surface area is 172 Å². The number of hydrogen-bond acceptors (Lipinski definition) is 4. The van der Waals surface area contributed by atoms with Gasteiger partial charge in [-0.1, -0.05) is 18.2 Å². The van der Waals surface area contributed by atoms with E-state index in [2.05, 4.69) is 56.7 Å². The Morgan fingerprint density at radius 2 is 2.08 bits per heavy atom. The zero-order valence-electron chi connectivity index (χ0n) is 15.9. The van der Waals surface area contributed by atoms with E-state index in [9.17, 15) is 0 Å². The number of oxazole rings is 1. The van der Waals surface area contributed by atoms with Crippen LogP contribution in [0.15, 0.2) is 33.7 Å². The molecule has 0 aliphatic carbocycles. The van der Waals surface area contributed by atoms with Gasteiger partial charge in [-0.05, 0) is 38.8 Å². The van der Waals surface area contributed by atoms with Crippen LogP contribution in [0.4, 0.5) is 5.69 Å². The number of hydrogen-bond donors (Lipinski definition) is 2. The Balaban J connectivity index is 0.00000243. The lowest BCUT2D eigenvalue weighted by atomic mass is 10.2. The molecule has 0 radical (unpaired) electrons. The molecule has 2 heterocycles. The van der Waals surface area contributed by atoms with E-state index in [0.29, 0.717) is 18.5 Å². The van der Waals surface area contributed by atoms with Crippen LogP contribution < -0.4 is 15.5 Å². The predicted molar refractivity (Wildman–Crippen MR) is 117 cm³/mol. The zero-order valence-corrected chi connectivity index (χ0v) is 18.2. The molecule has 1 aliphatic heterocycles. The van der Waals surface area contributed by atoms with E-state index in [1.54, 1.807) is 7.05 Å². The monoisotopic (exact) mass is 469 g/mol. The summed E-state index contributed by atoms with van der Waals surface area (Å²) >= 11 is 0. The summed E-state index contributed by atoms with van der Waals surface area (Å²) in [5.74, 6) is 2.30. The summed E-state index contributed by atoms with van der Waals surface area (Å²) < 4.78 is 5.59. The van der Waals surface area contributed by atoms with E-state index in [0.717, 1.165) is 36.9 Å². The minimum atomic E-state index is 0. The highest BCUT2D eigenvalue weighted by Crippen LogP contribution is 2.28. The van der Waals surface area contributed by atoms with Gasteiger partial charge in [0.1, 0.15) is 5.76 Å². The molecule has 0 spiro atoms. The lowest BCUT2D eigenvalue weighted by Gasteiger charge is -2.28. The molecule has 0 bridgehead atoms. The summed E-state index contributed by atoms with van der Waals surface area (Å²) in [6.07, 6.45) is 1.12. The molecule has 0 fully saturated rings. The molecule has 1 aliphatic rings. The highest BCUT2D eigenvalue weighted by molar-refractivity contribution is 14.0. The van der Waals surface area contributed by atoms with E-state index >= 15 is 0 Å². The third kappa shape index (κ3) is 4.69. The molecule has 6 nitrogen and oxygen atoms in total. The number of fused-ring (bicyclic) bond motifs is 1. The van der Waals surface area contributed by atoms with Gasteiger partial charge < -0.3 is 20.0 Å². The van der Waals surface area contributed by atoms with E-state index in [1.165, 1.54) is 11.3 Å². The number of benzene rings is 1. The van der Waals surface area contributed by atoms with Crippen molar-refractivity contribution in [2.45, 2.75) is 39.8 Å². The van der Waals surface area contributed by atoms with Crippen LogP contribution in [0.3, 0.4) is 0 Å². The van der Waals surface area contributed by atoms with Crippen LogP contribution in [-0.2, 0) is 13.0 Å². The fourth-order valence-corrected chi connectivity index (χ4v) is 3.17. The SMILES string of the molecule is CN=C(NCc1nc(C)c(C)o1)NCC(C)N1CCc2ccccc21.I. The number of nitrogens with zero attached hydrogens (tertiary/aromatic N) is 3. The van der Waals surface area contributed by atoms with Crippen LogP contribution in [0.25, 0.3) is 0 Å². The van der Waals surface area contributed by atoms with Gasteiger partial charge in [-0.15, -0.1) is 24.0 Å². The number of aliphatic imine (C=N–C) groups is 1. The van der Waals surface area contributed by atoms with E-state index in [-0.39, 0.29) is 24.0 Å². The Morgan fingerprint density at radius 3 is 2.77 bits per heavy atom. The van der Waals surface area contributed by atoms with Gasteiger partial charge in [0.05, 0.1) is 12.2 Å². The number of guanidine groups is 1. The van der Waals surface area contributed by atoms with Crippen molar-refractivity contribution in [3.63, 3.8) is 0 Å². The normalized spacial score (nSPS) is 14.6. The van der Waals surface area contributed by atoms with Crippen molar-refractivity contribution in [1.29, 1.82) is 0 Å². The third-order valence-corrected chi connectivity index (χ3v) is 4.72. The first-order chi connectivity index (χ1) is 12.1. The summed E-state index contributed by atoms with van der Waals surface area (Å²) in [5, 5.41) is 6.65. The molecule has 26 heavy (non-hydrogen) atoms. The van der Waals surface area contributed by atoms with E-state index < -0.39 is 0 Å². The average Bonchev–Trinajstić information content (AvgIpc) is 3.18. The summed E-state index contributed by atoms with van der Waals surface area (Å²) in [6, 6.07) is 9.03. The molecule has 1 aromatic carbocycles. The van der Waals surface area contributed by atoms with Crippen LogP contribution in [0.1, 0.15) is 29.8 Å². The van der Waals surface area contributed by atoms with E-state index in [4.69, 9.17) is 4.42 Å². The fraction of sp³-hybridized carbons (Fsp3) is 0.474. The van der Waals surface area contributed by atoms with Gasteiger partial charge >= 0.3 is 0 Å². The molecule has 0 saturated carbocycles. The second-order valence-electron chi connectivity index (χ2n) is 6.48. The lowest BCUT2D eigenvalue weighted by molar-refractivity contribution is 0.463. The number of rotatable bonds is 5. The van der Waals surface area contributed by atoms with Crippen LogP contribution in [0.5, 0.6) is 0 Å². The third-order valence-electron chi connectivity index (χ3n) is 4.72. The van der Waals surface area contributed by atoms with Gasteiger partial charge in [-0.3, -0.25) is 4.99 Å². The van der Waals surface area contributed by atoms with Gasteiger partial charge in [-0.2, -0.15) is 0 Å². The molecular formula is C19H28IN5O. The molecule has 1 atom stereocenters. The molecule has 0 amide bonds. The Bertz CT molecular complexity index is 739. The number of halogens is 1. The number of anilines is 1. The quantitative estimate of drug-likeness (QED) is 0.401. The minimum Gasteiger partial charge on any atom is -0.444 e. The number of para-hydroxylation sites is 1. The van der Waals surface area contributed by atoms with Gasteiger partial charge in [-0.25, -0.2) is 4.98 Å². The van der Waals surface area contributed by atoms with Gasteiger partial charge in [0, 0.05) is 31.9 Å². The Hall–Kier alpha value is -1.77. The molecule has 0 saturated heterocycles. The minimum absolute atomic E-state index is 0. The average molecular weight is 469 g/mol. The summed E-state index contributed by atoms with van der Waals surface area (Å²) in [7, 11) is 1.78. The number of aromatic nitrogens is 1. The van der Waals surface area contributed by atoms with Gasteiger partial charge in [0.25, 0.3) is 0 Å². The molecule has 7 heteroatoms. The van der Waals surface area contributed by atoms with Crippen molar-refractivity contribution in [3.05, 3.63) is 47.2 Å². The first kappa shape index (κ1) is 20.5. The molecular weight excluding hydrogens is 441 g/mol. The zero-order chi connectivity index (χ0) is 17.8. The second kappa shape index (κ2) is 9.25. The summed E-state index contributed by atoms with van der Waals surface area (Å²) in [4.78, 5) is 11.1. The molecule has 2 aromatic rings. The van der Waals surface area contributed by atoms with Crippen molar-refractivity contribution in [2.24, 2.45) is 4.99 Å². The maximum absolute atomic E-state index is 5.59. The van der Waals surface area contributed by atoms with Crippen LogP contribution in [0, 0.1) is 13.8 Å². The maximum atomic E-state index is 5.59. The second-order valence-corrected chi connectivity index (χ2v) is 6.48.